The minimum atomic E-state index is 0.618. The van der Waals surface area contributed by atoms with Gasteiger partial charge >= 0.3 is 0 Å². The molecule has 0 bridgehead atoms. The van der Waals surface area contributed by atoms with Crippen LogP contribution in [0.1, 0.15) is 41.5 Å². The molecule has 86 valence electrons. The summed E-state index contributed by atoms with van der Waals surface area (Å²) in [4.78, 5) is 0. The summed E-state index contributed by atoms with van der Waals surface area (Å²) in [6, 6.07) is 0. The fourth-order valence-electron chi connectivity index (χ4n) is 3.01. The molecule has 0 spiro atoms. The lowest BCUT2D eigenvalue weighted by atomic mass is 9.69. The molecule has 0 saturated heterocycles. The van der Waals surface area contributed by atoms with E-state index in [9.17, 15) is 0 Å². The van der Waals surface area contributed by atoms with E-state index in [1.807, 2.05) is 0 Å². The third-order valence-electron chi connectivity index (χ3n) is 4.58. The smallest absolute Gasteiger partial charge is 0.0114 e. The first-order valence-electron chi connectivity index (χ1n) is 6.18. The second-order valence-electron chi connectivity index (χ2n) is 5.41. The van der Waals surface area contributed by atoms with Crippen molar-refractivity contribution in [1.82, 2.24) is 0 Å². The number of rotatable bonds is 0. The molecule has 0 nitrogen and oxygen atoms in total. The van der Waals surface area contributed by atoms with E-state index in [-0.39, 0.29) is 0 Å². The van der Waals surface area contributed by atoms with Crippen LogP contribution in [-0.4, -0.2) is 0 Å². The Bertz CT molecular complexity index is 452. The second kappa shape index (κ2) is 3.76. The third kappa shape index (κ3) is 1.52. The zero-order valence-electron chi connectivity index (χ0n) is 11.3. The highest BCUT2D eigenvalue weighted by atomic mass is 14.3. The largest absolute Gasteiger partial charge is 0.0666 e. The topological polar surface area (TPSA) is 0 Å². The van der Waals surface area contributed by atoms with Gasteiger partial charge in [-0.25, -0.2) is 0 Å². The van der Waals surface area contributed by atoms with E-state index in [1.165, 1.54) is 22.3 Å². The van der Waals surface area contributed by atoms with Gasteiger partial charge in [-0.05, 0) is 57.3 Å². The van der Waals surface area contributed by atoms with Crippen molar-refractivity contribution in [2.75, 3.05) is 0 Å². The average Bonchev–Trinajstić information content (AvgIpc) is 2.23. The lowest BCUT2D eigenvalue weighted by Gasteiger charge is -2.36. The van der Waals surface area contributed by atoms with Gasteiger partial charge in [0.15, 0.2) is 0 Å². The summed E-state index contributed by atoms with van der Waals surface area (Å²) in [7, 11) is 0. The standard InChI is InChI=1S/C16H22/c1-9-7-15-8-10(2)12(4)14(6)16(15)13(5)11(9)3/h7-8,13,16H,1-6H3. The molecule has 0 aliphatic heterocycles. The van der Waals surface area contributed by atoms with Crippen LogP contribution in [0.15, 0.2) is 45.6 Å². The summed E-state index contributed by atoms with van der Waals surface area (Å²) in [5.41, 5.74) is 8.99. The van der Waals surface area contributed by atoms with E-state index in [0.717, 1.165) is 0 Å². The van der Waals surface area contributed by atoms with Crippen LogP contribution in [0.25, 0.3) is 0 Å². The molecular formula is C16H22. The van der Waals surface area contributed by atoms with Gasteiger partial charge in [0.25, 0.3) is 0 Å². The van der Waals surface area contributed by atoms with Crippen LogP contribution in [0.3, 0.4) is 0 Å². The number of hydrogen-bond acceptors (Lipinski definition) is 0. The monoisotopic (exact) mass is 214 g/mol. The average molecular weight is 214 g/mol. The summed E-state index contributed by atoms with van der Waals surface area (Å²) in [5, 5.41) is 0. The Morgan fingerprint density at radius 1 is 0.875 bits per heavy atom. The molecule has 16 heavy (non-hydrogen) atoms. The highest BCUT2D eigenvalue weighted by Gasteiger charge is 2.30. The van der Waals surface area contributed by atoms with Gasteiger partial charge in [-0.1, -0.05) is 35.8 Å². The van der Waals surface area contributed by atoms with Crippen molar-refractivity contribution in [3.05, 3.63) is 45.6 Å². The van der Waals surface area contributed by atoms with Gasteiger partial charge in [-0.15, -0.1) is 0 Å². The van der Waals surface area contributed by atoms with Gasteiger partial charge in [0, 0.05) is 5.92 Å². The molecule has 0 aromatic rings. The van der Waals surface area contributed by atoms with E-state index < -0.39 is 0 Å². The van der Waals surface area contributed by atoms with E-state index >= 15 is 0 Å². The fourth-order valence-corrected chi connectivity index (χ4v) is 3.01. The molecule has 2 aliphatic carbocycles. The van der Waals surface area contributed by atoms with Gasteiger partial charge in [-0.3, -0.25) is 0 Å². The highest BCUT2D eigenvalue weighted by Crippen LogP contribution is 2.43. The predicted octanol–water partition coefficient (Wildman–Crippen LogP) is 4.81. The maximum absolute atomic E-state index is 2.37. The molecule has 0 amide bonds. The Balaban J connectivity index is 2.57. The molecule has 0 radical (unpaired) electrons. The number of fused-ring (bicyclic) bond motifs is 1. The van der Waals surface area contributed by atoms with Crippen LogP contribution in [0.2, 0.25) is 0 Å². The summed E-state index contributed by atoms with van der Waals surface area (Å²) in [6.07, 6.45) is 4.75. The molecule has 2 unspecified atom stereocenters. The Morgan fingerprint density at radius 2 is 1.50 bits per heavy atom. The van der Waals surface area contributed by atoms with Crippen molar-refractivity contribution in [2.24, 2.45) is 11.8 Å². The Morgan fingerprint density at radius 3 is 2.12 bits per heavy atom. The van der Waals surface area contributed by atoms with Crippen molar-refractivity contribution >= 4 is 0 Å². The van der Waals surface area contributed by atoms with Crippen LogP contribution in [-0.2, 0) is 0 Å². The number of allylic oxidation sites excluding steroid dienone is 8. The van der Waals surface area contributed by atoms with Crippen molar-refractivity contribution in [3.8, 4) is 0 Å². The van der Waals surface area contributed by atoms with E-state index in [0.29, 0.717) is 11.8 Å². The molecule has 0 saturated carbocycles. The van der Waals surface area contributed by atoms with Crippen LogP contribution >= 0.6 is 0 Å². The lowest BCUT2D eigenvalue weighted by Crippen LogP contribution is -2.23. The second-order valence-corrected chi connectivity index (χ2v) is 5.41. The quantitative estimate of drug-likeness (QED) is 0.543. The van der Waals surface area contributed by atoms with Crippen molar-refractivity contribution in [1.29, 1.82) is 0 Å². The van der Waals surface area contributed by atoms with E-state index in [2.05, 4.69) is 53.7 Å². The van der Waals surface area contributed by atoms with Crippen LogP contribution in [0, 0.1) is 11.8 Å². The number of hydrogen-bond donors (Lipinski definition) is 0. The SMILES string of the molecule is CC1=CC2=CC(C)=C(C)C(C)C2C(C)=C1C. The Hall–Kier alpha value is -1.04. The summed E-state index contributed by atoms with van der Waals surface area (Å²) in [6.45, 7) is 13.7. The highest BCUT2D eigenvalue weighted by molar-refractivity contribution is 5.52. The minimum Gasteiger partial charge on any atom is -0.0666 e. The minimum absolute atomic E-state index is 0.618. The van der Waals surface area contributed by atoms with Gasteiger partial charge in [0.05, 0.1) is 0 Å². The molecule has 2 rings (SSSR count). The first-order valence-corrected chi connectivity index (χ1v) is 6.18. The molecule has 0 fully saturated rings. The zero-order valence-corrected chi connectivity index (χ0v) is 11.3. The maximum atomic E-state index is 2.37. The lowest BCUT2D eigenvalue weighted by molar-refractivity contribution is 0.514. The summed E-state index contributed by atoms with van der Waals surface area (Å²) in [5.74, 6) is 1.27. The zero-order chi connectivity index (χ0) is 12.0. The Kier molecular flexibility index (Phi) is 2.69. The first kappa shape index (κ1) is 11.4. The van der Waals surface area contributed by atoms with Crippen LogP contribution in [0.4, 0.5) is 0 Å². The maximum Gasteiger partial charge on any atom is 0.0114 e. The molecular weight excluding hydrogens is 192 g/mol. The fraction of sp³-hybridized carbons (Fsp3) is 0.500. The normalized spacial score (nSPS) is 30.1. The van der Waals surface area contributed by atoms with Crippen LogP contribution < -0.4 is 0 Å². The van der Waals surface area contributed by atoms with Gasteiger partial charge < -0.3 is 0 Å². The predicted molar refractivity (Wildman–Crippen MR) is 71.2 cm³/mol. The first-order chi connectivity index (χ1) is 7.43. The molecule has 0 aromatic heterocycles. The molecule has 0 aromatic carbocycles. The molecule has 0 heterocycles. The Labute approximate surface area is 99.4 Å². The van der Waals surface area contributed by atoms with Gasteiger partial charge in [-0.2, -0.15) is 0 Å². The van der Waals surface area contributed by atoms with Crippen molar-refractivity contribution in [2.45, 2.75) is 41.5 Å². The molecule has 2 atom stereocenters. The van der Waals surface area contributed by atoms with Gasteiger partial charge in [0.2, 0.25) is 0 Å². The molecule has 2 aliphatic rings. The van der Waals surface area contributed by atoms with Crippen molar-refractivity contribution < 1.29 is 0 Å². The summed E-state index contributed by atoms with van der Waals surface area (Å²) >= 11 is 0. The third-order valence-corrected chi connectivity index (χ3v) is 4.58. The van der Waals surface area contributed by atoms with E-state index in [1.54, 1.807) is 11.1 Å². The van der Waals surface area contributed by atoms with Gasteiger partial charge in [0.1, 0.15) is 0 Å². The van der Waals surface area contributed by atoms with Crippen molar-refractivity contribution in [3.63, 3.8) is 0 Å². The van der Waals surface area contributed by atoms with E-state index in [4.69, 9.17) is 0 Å². The molecule has 0 heteroatoms. The van der Waals surface area contributed by atoms with Crippen LogP contribution in [0.5, 0.6) is 0 Å². The molecule has 0 N–H and O–H groups in total. The summed E-state index contributed by atoms with van der Waals surface area (Å²) < 4.78 is 0.